The Kier molecular flexibility index (Phi) is 6.61. The molecular formula is C22H25FN4O2. The number of hydrogen-bond acceptors (Lipinski definition) is 4. The van der Waals surface area contributed by atoms with Crippen LogP contribution in [0.1, 0.15) is 24.6 Å². The first kappa shape index (κ1) is 20.5. The molecule has 0 radical (unpaired) electrons. The number of para-hydroxylation sites is 2. The molecule has 3 rings (SSSR count). The van der Waals surface area contributed by atoms with Crippen molar-refractivity contribution in [1.29, 1.82) is 0 Å². The number of carbonyl (C=O) groups excluding carboxylic acids is 1. The fraction of sp³-hybridized carbons (Fsp3) is 0.273. The number of hydrogen-bond donors (Lipinski definition) is 2. The molecule has 0 bridgehead atoms. The maximum atomic E-state index is 14.2. The molecule has 2 aromatic carbocycles. The molecule has 7 heteroatoms. The molecule has 2 N–H and O–H groups in total. The van der Waals surface area contributed by atoms with Gasteiger partial charge in [-0.25, -0.2) is 9.07 Å². The SMILES string of the molecule is CCCN(CC(=O)Nc1cc(C)nn1-c1ccccc1F)Cc1ccccc1O. The zero-order valence-corrected chi connectivity index (χ0v) is 16.6. The van der Waals surface area contributed by atoms with Crippen LogP contribution in [0.25, 0.3) is 5.69 Å². The number of halogens is 1. The number of nitrogens with zero attached hydrogens (tertiary/aromatic N) is 3. The lowest BCUT2D eigenvalue weighted by Gasteiger charge is -2.21. The number of benzene rings is 2. The average molecular weight is 396 g/mol. The zero-order valence-electron chi connectivity index (χ0n) is 16.6. The molecule has 1 heterocycles. The Bertz CT molecular complexity index is 986. The summed E-state index contributed by atoms with van der Waals surface area (Å²) in [6.45, 7) is 5.12. The number of nitrogens with one attached hydrogen (secondary N) is 1. The van der Waals surface area contributed by atoms with Crippen LogP contribution >= 0.6 is 0 Å². The Morgan fingerprint density at radius 2 is 1.93 bits per heavy atom. The van der Waals surface area contributed by atoms with E-state index in [9.17, 15) is 14.3 Å². The van der Waals surface area contributed by atoms with Crippen molar-refractivity contribution in [3.63, 3.8) is 0 Å². The van der Waals surface area contributed by atoms with E-state index in [1.165, 1.54) is 10.7 Å². The molecule has 0 unspecified atom stereocenters. The first-order chi connectivity index (χ1) is 14.0. The Labute approximate surface area is 169 Å². The summed E-state index contributed by atoms with van der Waals surface area (Å²) in [7, 11) is 0. The molecule has 0 saturated heterocycles. The van der Waals surface area contributed by atoms with Crippen LogP contribution in [0.4, 0.5) is 10.2 Å². The highest BCUT2D eigenvalue weighted by Gasteiger charge is 2.16. The summed E-state index contributed by atoms with van der Waals surface area (Å²) in [6.07, 6.45) is 0.868. The molecule has 1 aromatic heterocycles. The molecule has 3 aromatic rings. The summed E-state index contributed by atoms with van der Waals surface area (Å²) in [6, 6.07) is 15.1. The largest absolute Gasteiger partial charge is 0.508 e. The van der Waals surface area contributed by atoms with Gasteiger partial charge in [0, 0.05) is 18.2 Å². The van der Waals surface area contributed by atoms with E-state index in [0.29, 0.717) is 24.6 Å². The summed E-state index contributed by atoms with van der Waals surface area (Å²) < 4.78 is 15.6. The van der Waals surface area contributed by atoms with Crippen molar-refractivity contribution in [3.05, 3.63) is 71.7 Å². The average Bonchev–Trinajstić information content (AvgIpc) is 3.04. The Morgan fingerprint density at radius 1 is 1.21 bits per heavy atom. The van der Waals surface area contributed by atoms with E-state index in [4.69, 9.17) is 0 Å². The second-order valence-corrected chi connectivity index (χ2v) is 6.92. The van der Waals surface area contributed by atoms with E-state index in [1.807, 2.05) is 24.0 Å². The standard InChI is InChI=1S/C22H25FN4O2/c1-3-12-26(14-17-8-4-7-11-20(17)28)15-22(29)24-21-13-16(2)25-27(21)19-10-6-5-9-18(19)23/h4-11,13,28H,3,12,14-15H2,1-2H3,(H,24,29). The van der Waals surface area contributed by atoms with Crippen LogP contribution in [-0.2, 0) is 11.3 Å². The number of amides is 1. The summed E-state index contributed by atoms with van der Waals surface area (Å²) in [4.78, 5) is 14.7. The van der Waals surface area contributed by atoms with Crippen molar-refractivity contribution >= 4 is 11.7 Å². The van der Waals surface area contributed by atoms with Crippen molar-refractivity contribution in [3.8, 4) is 11.4 Å². The number of aryl methyl sites for hydroxylation is 1. The van der Waals surface area contributed by atoms with Gasteiger partial charge in [-0.05, 0) is 38.1 Å². The lowest BCUT2D eigenvalue weighted by molar-refractivity contribution is -0.117. The molecule has 0 atom stereocenters. The first-order valence-corrected chi connectivity index (χ1v) is 9.58. The molecule has 152 valence electrons. The van der Waals surface area contributed by atoms with Gasteiger partial charge in [0.15, 0.2) is 0 Å². The number of aromatic nitrogens is 2. The molecule has 6 nitrogen and oxygen atoms in total. The third-order valence-electron chi connectivity index (χ3n) is 4.47. The van der Waals surface area contributed by atoms with Crippen LogP contribution in [0.15, 0.2) is 54.6 Å². The van der Waals surface area contributed by atoms with Crippen LogP contribution in [-0.4, -0.2) is 38.8 Å². The highest BCUT2D eigenvalue weighted by atomic mass is 19.1. The van der Waals surface area contributed by atoms with Gasteiger partial charge in [-0.3, -0.25) is 9.69 Å². The normalized spacial score (nSPS) is 11.0. The van der Waals surface area contributed by atoms with E-state index in [1.54, 1.807) is 43.3 Å². The zero-order chi connectivity index (χ0) is 20.8. The smallest absolute Gasteiger partial charge is 0.239 e. The highest BCUT2D eigenvalue weighted by Crippen LogP contribution is 2.20. The van der Waals surface area contributed by atoms with Crippen LogP contribution in [0.2, 0.25) is 0 Å². The van der Waals surface area contributed by atoms with Gasteiger partial charge < -0.3 is 10.4 Å². The van der Waals surface area contributed by atoms with Crippen LogP contribution < -0.4 is 5.32 Å². The minimum absolute atomic E-state index is 0.143. The molecule has 0 saturated carbocycles. The van der Waals surface area contributed by atoms with Crippen LogP contribution in [0.5, 0.6) is 5.75 Å². The molecule has 0 aliphatic carbocycles. The molecule has 29 heavy (non-hydrogen) atoms. The predicted octanol–water partition coefficient (Wildman–Crippen LogP) is 3.88. The van der Waals surface area contributed by atoms with Gasteiger partial charge in [-0.15, -0.1) is 0 Å². The quantitative estimate of drug-likeness (QED) is 0.606. The summed E-state index contributed by atoms with van der Waals surface area (Å²) in [5, 5.41) is 17.2. The maximum Gasteiger partial charge on any atom is 0.239 e. The van der Waals surface area contributed by atoms with Crippen LogP contribution in [0, 0.1) is 12.7 Å². The number of rotatable bonds is 8. The van der Waals surface area contributed by atoms with Crippen molar-refractivity contribution < 1.29 is 14.3 Å². The van der Waals surface area contributed by atoms with Gasteiger partial charge in [0.2, 0.25) is 5.91 Å². The predicted molar refractivity (Wildman–Crippen MR) is 111 cm³/mol. The van der Waals surface area contributed by atoms with E-state index in [2.05, 4.69) is 10.4 Å². The van der Waals surface area contributed by atoms with Gasteiger partial charge in [-0.2, -0.15) is 5.10 Å². The second kappa shape index (κ2) is 9.34. The topological polar surface area (TPSA) is 70.4 Å². The Balaban J connectivity index is 1.74. The minimum atomic E-state index is -0.418. The number of aromatic hydroxyl groups is 1. The summed E-state index contributed by atoms with van der Waals surface area (Å²) in [5.41, 5.74) is 1.71. The van der Waals surface area contributed by atoms with E-state index in [-0.39, 0.29) is 23.9 Å². The molecule has 0 fully saturated rings. The fourth-order valence-electron chi connectivity index (χ4n) is 3.20. The number of phenols is 1. The van der Waals surface area contributed by atoms with Crippen molar-refractivity contribution in [2.75, 3.05) is 18.4 Å². The highest BCUT2D eigenvalue weighted by molar-refractivity contribution is 5.91. The number of carbonyl (C=O) groups is 1. The van der Waals surface area contributed by atoms with Crippen molar-refractivity contribution in [2.24, 2.45) is 0 Å². The third-order valence-corrected chi connectivity index (χ3v) is 4.47. The van der Waals surface area contributed by atoms with E-state index >= 15 is 0 Å². The molecule has 0 spiro atoms. The monoisotopic (exact) mass is 396 g/mol. The number of phenolic OH excluding ortho intramolecular Hbond substituents is 1. The molecule has 1 amide bonds. The minimum Gasteiger partial charge on any atom is -0.508 e. The van der Waals surface area contributed by atoms with E-state index < -0.39 is 5.82 Å². The van der Waals surface area contributed by atoms with E-state index in [0.717, 1.165) is 12.0 Å². The van der Waals surface area contributed by atoms with Gasteiger partial charge >= 0.3 is 0 Å². The first-order valence-electron chi connectivity index (χ1n) is 9.58. The van der Waals surface area contributed by atoms with Gasteiger partial charge in [0.05, 0.1) is 12.2 Å². The second-order valence-electron chi connectivity index (χ2n) is 6.92. The van der Waals surface area contributed by atoms with Gasteiger partial charge in [0.25, 0.3) is 0 Å². The summed E-state index contributed by atoms with van der Waals surface area (Å²) in [5.74, 6) is -0.0245. The lowest BCUT2D eigenvalue weighted by Crippen LogP contribution is -2.34. The van der Waals surface area contributed by atoms with Gasteiger partial charge in [-0.1, -0.05) is 37.3 Å². The lowest BCUT2D eigenvalue weighted by atomic mass is 10.2. The van der Waals surface area contributed by atoms with Crippen molar-refractivity contribution in [2.45, 2.75) is 26.8 Å². The molecule has 0 aliphatic rings. The number of anilines is 1. The third kappa shape index (κ3) is 5.20. The maximum absolute atomic E-state index is 14.2. The van der Waals surface area contributed by atoms with Crippen molar-refractivity contribution in [1.82, 2.24) is 14.7 Å². The molecule has 0 aliphatic heterocycles. The van der Waals surface area contributed by atoms with Gasteiger partial charge in [0.1, 0.15) is 23.1 Å². The molecular weight excluding hydrogens is 371 g/mol. The summed E-state index contributed by atoms with van der Waals surface area (Å²) >= 11 is 0. The Morgan fingerprint density at radius 3 is 2.66 bits per heavy atom. The fourth-order valence-corrected chi connectivity index (χ4v) is 3.20. The van der Waals surface area contributed by atoms with Crippen LogP contribution in [0.3, 0.4) is 0 Å². The Hall–Kier alpha value is -3.19.